The second-order valence-corrected chi connectivity index (χ2v) is 14.7. The van der Waals surface area contributed by atoms with Crippen LogP contribution in [0.5, 0.6) is 0 Å². The van der Waals surface area contributed by atoms with Gasteiger partial charge in [0.1, 0.15) is 30.7 Å². The van der Waals surface area contributed by atoms with Crippen LogP contribution in [0.2, 0.25) is 0 Å². The minimum Gasteiger partial charge on any atom is -0.347 e. The molecule has 0 radical (unpaired) electrons. The molecule has 17 nitrogen and oxygen atoms in total. The molecule has 8 rings (SSSR count). The summed E-state index contributed by atoms with van der Waals surface area (Å²) >= 11 is 0. The highest BCUT2D eigenvalue weighted by molar-refractivity contribution is 7.61. The van der Waals surface area contributed by atoms with Crippen LogP contribution in [-0.4, -0.2) is 84.2 Å². The van der Waals surface area contributed by atoms with Crippen LogP contribution in [0.4, 0.5) is 0 Å². The van der Waals surface area contributed by atoms with Crippen molar-refractivity contribution in [2.75, 3.05) is 13.2 Å². The van der Waals surface area contributed by atoms with Crippen LogP contribution in [0.25, 0.3) is 11.2 Å². The lowest BCUT2D eigenvalue weighted by molar-refractivity contribution is -0.199. The van der Waals surface area contributed by atoms with E-state index in [1.165, 1.54) is 21.8 Å². The Morgan fingerprint density at radius 3 is 2.20 bits per heavy atom. The molecule has 0 spiro atoms. The second kappa shape index (κ2) is 9.21. The van der Waals surface area contributed by atoms with Crippen LogP contribution >= 0.6 is 15.6 Å². The van der Waals surface area contributed by atoms with Crippen LogP contribution in [0.15, 0.2) is 17.4 Å². The predicted molar refractivity (Wildman–Crippen MR) is 133 cm³/mol. The number of ether oxygens (including phenoxy) is 5. The summed E-state index contributed by atoms with van der Waals surface area (Å²) < 4.78 is 73.3. The van der Waals surface area contributed by atoms with Gasteiger partial charge in [0.15, 0.2) is 29.0 Å². The van der Waals surface area contributed by atoms with E-state index in [0.29, 0.717) is 0 Å². The largest absolute Gasteiger partial charge is 0.481 e. The molecule has 10 atom stereocenters. The molecule has 5 aliphatic heterocycles. The zero-order valence-corrected chi connectivity index (χ0v) is 24.3. The van der Waals surface area contributed by atoms with Crippen molar-refractivity contribution in [3.63, 3.8) is 0 Å². The molecular weight excluding hydrogens is 590 g/mol. The van der Waals surface area contributed by atoms with Crippen LogP contribution in [0.3, 0.4) is 0 Å². The van der Waals surface area contributed by atoms with Gasteiger partial charge < -0.3 is 33.5 Å². The van der Waals surface area contributed by atoms with Gasteiger partial charge in [-0.15, -0.1) is 0 Å². The van der Waals surface area contributed by atoms with Gasteiger partial charge in [-0.3, -0.25) is 23.0 Å². The maximum absolute atomic E-state index is 13.7. The van der Waals surface area contributed by atoms with E-state index in [-0.39, 0.29) is 17.6 Å². The molecule has 1 aliphatic carbocycles. The van der Waals surface area contributed by atoms with Crippen molar-refractivity contribution in [3.8, 4) is 0 Å². The lowest BCUT2D eigenvalue weighted by Gasteiger charge is -2.26. The summed E-state index contributed by atoms with van der Waals surface area (Å²) in [5.41, 5.74) is -0.111. The molecule has 1 saturated carbocycles. The Kier molecular flexibility index (Phi) is 6.33. The average molecular weight is 620 g/mol. The molecule has 2 aromatic rings. The van der Waals surface area contributed by atoms with Crippen LogP contribution in [0, 0.1) is 5.92 Å². The zero-order valence-electron chi connectivity index (χ0n) is 22.5. The molecule has 8 bridgehead atoms. The van der Waals surface area contributed by atoms with Gasteiger partial charge in [-0.1, -0.05) is 0 Å². The van der Waals surface area contributed by atoms with E-state index in [1.54, 1.807) is 27.7 Å². The van der Waals surface area contributed by atoms with Crippen molar-refractivity contribution in [1.29, 1.82) is 0 Å². The van der Waals surface area contributed by atoms with Gasteiger partial charge in [0, 0.05) is 5.92 Å². The number of aromatic nitrogens is 4. The zero-order chi connectivity index (χ0) is 29.1. The maximum Gasteiger partial charge on any atom is 0.481 e. The Hall–Kier alpha value is -1.59. The fourth-order valence-corrected chi connectivity index (χ4v) is 8.53. The van der Waals surface area contributed by atoms with Gasteiger partial charge in [-0.2, -0.15) is 4.31 Å². The van der Waals surface area contributed by atoms with Crippen LogP contribution in [-0.2, 0) is 46.2 Å². The van der Waals surface area contributed by atoms with Gasteiger partial charge in [0.05, 0.1) is 31.7 Å². The topological polar surface area (TPSA) is 201 Å². The third-order valence-electron chi connectivity index (χ3n) is 7.88. The quantitative estimate of drug-likeness (QED) is 0.400. The van der Waals surface area contributed by atoms with E-state index >= 15 is 0 Å². The summed E-state index contributed by atoms with van der Waals surface area (Å²) in [6.07, 6.45) is -1.60. The van der Waals surface area contributed by atoms with Crippen molar-refractivity contribution < 1.29 is 56.0 Å². The molecule has 4 fully saturated rings. The van der Waals surface area contributed by atoms with Crippen molar-refractivity contribution >= 4 is 26.8 Å². The number of fused-ring (bicyclic) bond motifs is 9. The van der Waals surface area contributed by atoms with E-state index in [1.807, 2.05) is 0 Å². The summed E-state index contributed by atoms with van der Waals surface area (Å²) in [5.74, 6) is -2.59. The second-order valence-electron chi connectivity index (χ2n) is 11.6. The Bertz CT molecular complexity index is 1540. The van der Waals surface area contributed by atoms with Crippen molar-refractivity contribution in [1.82, 2.24) is 19.1 Å². The molecule has 6 aliphatic rings. The fourth-order valence-electron chi connectivity index (χ4n) is 6.39. The smallest absolute Gasteiger partial charge is 0.347 e. The van der Waals surface area contributed by atoms with Gasteiger partial charge in [0.2, 0.25) is 0 Å². The predicted octanol–water partition coefficient (Wildman–Crippen LogP) is 1.36. The number of hydrogen-bond acceptors (Lipinski definition) is 13. The first kappa shape index (κ1) is 28.2. The first-order chi connectivity index (χ1) is 19.1. The Labute approximate surface area is 232 Å². The van der Waals surface area contributed by atoms with E-state index in [2.05, 4.69) is 14.3 Å². The molecule has 2 aromatic heterocycles. The van der Waals surface area contributed by atoms with Crippen molar-refractivity contribution in [3.05, 3.63) is 23.0 Å². The standard InChI is InChI=1S/C22H30N4O13P2/c1-21(2)35-14-10-5-11(15(14)36-21)25-9-24-18-13(19(25)27)23-8-26(18)20-17-16(37-22(3,4)38-17)12(34-20)7-33-41(30,31)39-40(28,29)32-6-10/h8-12,14-17,20H,5-7H2,1-4H3,(H,28,29)(H,30,31)/t10-,11-,12-,14-,15+,16-,17-,20-/m1/s1. The number of phosphoric acid groups is 2. The summed E-state index contributed by atoms with van der Waals surface area (Å²) in [5, 5.41) is 0. The highest BCUT2D eigenvalue weighted by Gasteiger charge is 2.58. The third-order valence-corrected chi connectivity index (χ3v) is 10.5. The molecule has 226 valence electrons. The first-order valence-corrected chi connectivity index (χ1v) is 16.1. The Morgan fingerprint density at radius 2 is 1.46 bits per heavy atom. The summed E-state index contributed by atoms with van der Waals surface area (Å²) in [6.45, 7) is 5.84. The number of imidazole rings is 1. The number of phosphoric ester groups is 2. The van der Waals surface area contributed by atoms with Gasteiger partial charge >= 0.3 is 15.6 Å². The Morgan fingerprint density at radius 1 is 0.854 bits per heavy atom. The highest BCUT2D eigenvalue weighted by atomic mass is 31.3. The first-order valence-electron chi connectivity index (χ1n) is 13.1. The SMILES string of the molecule is CC1(C)O[C@@H]2[C@H]3COP(=O)(O)OP(=O)(O)OC[C@H]4O[C@H]([C@@H]5OC(C)(C)O[C@@H]54)n4cnc5c(=O)n(cnc54)[C@H](C3)[C@@H]2O1. The Balaban J connectivity index is 1.33. The van der Waals surface area contributed by atoms with E-state index < -0.39 is 94.7 Å². The fraction of sp³-hybridized carbons (Fsp3) is 0.773. The lowest BCUT2D eigenvalue weighted by Crippen LogP contribution is -2.34. The lowest BCUT2D eigenvalue weighted by atomic mass is 10.1. The van der Waals surface area contributed by atoms with Crippen molar-refractivity contribution in [2.45, 2.75) is 88.5 Å². The molecule has 0 aromatic carbocycles. The molecule has 3 saturated heterocycles. The number of hydrogen-bond donors (Lipinski definition) is 2. The van der Waals surface area contributed by atoms with Crippen LogP contribution in [0.1, 0.15) is 46.4 Å². The molecule has 2 unspecified atom stereocenters. The monoisotopic (exact) mass is 620 g/mol. The molecule has 41 heavy (non-hydrogen) atoms. The molecule has 7 heterocycles. The van der Waals surface area contributed by atoms with E-state index in [4.69, 9.17) is 32.7 Å². The van der Waals surface area contributed by atoms with Crippen molar-refractivity contribution in [2.24, 2.45) is 5.92 Å². The summed E-state index contributed by atoms with van der Waals surface area (Å²) in [7, 11) is -10.2. The van der Waals surface area contributed by atoms with E-state index in [0.717, 1.165) is 0 Å². The third kappa shape index (κ3) is 4.86. The maximum atomic E-state index is 13.7. The average Bonchev–Trinajstić information content (AvgIpc) is 3.62. The van der Waals surface area contributed by atoms with Gasteiger partial charge in [-0.25, -0.2) is 19.1 Å². The highest BCUT2D eigenvalue weighted by Crippen LogP contribution is 2.61. The minimum absolute atomic E-state index is 0.0779. The molecular formula is C22H30N4O13P2. The molecule has 2 N–H and O–H groups in total. The van der Waals surface area contributed by atoms with E-state index in [9.17, 15) is 23.7 Å². The van der Waals surface area contributed by atoms with Crippen LogP contribution < -0.4 is 5.56 Å². The van der Waals surface area contributed by atoms with Gasteiger partial charge in [-0.05, 0) is 34.1 Å². The summed E-state index contributed by atoms with van der Waals surface area (Å²) in [4.78, 5) is 43.2. The summed E-state index contributed by atoms with van der Waals surface area (Å²) in [6, 6.07) is -0.584. The molecule has 0 amide bonds. The normalized spacial score (nSPS) is 45.1. The number of rotatable bonds is 0. The van der Waals surface area contributed by atoms with Gasteiger partial charge in [0.25, 0.3) is 5.56 Å². The number of nitrogens with zero attached hydrogens (tertiary/aromatic N) is 4. The minimum atomic E-state index is -5.11. The molecule has 19 heteroatoms.